The maximum absolute atomic E-state index is 12.6. The van der Waals surface area contributed by atoms with Crippen LogP contribution in [0.15, 0.2) is 41.6 Å². The van der Waals surface area contributed by atoms with Crippen LogP contribution in [0.2, 0.25) is 0 Å². The number of nitrogens with one attached hydrogen (secondary N) is 2. The van der Waals surface area contributed by atoms with Gasteiger partial charge in [0.1, 0.15) is 6.33 Å². The third kappa shape index (κ3) is 1.90. The van der Waals surface area contributed by atoms with Gasteiger partial charge in [0.2, 0.25) is 5.95 Å². The molecule has 9 heteroatoms. The van der Waals surface area contributed by atoms with Gasteiger partial charge in [0.25, 0.3) is 15.9 Å². The number of anilines is 2. The summed E-state index contributed by atoms with van der Waals surface area (Å²) < 4.78 is 27.6. The van der Waals surface area contributed by atoms with Gasteiger partial charge in [-0.1, -0.05) is 12.1 Å². The molecule has 1 amide bonds. The molecule has 23 heavy (non-hydrogen) atoms. The molecule has 0 saturated carbocycles. The van der Waals surface area contributed by atoms with Crippen LogP contribution in [0, 0.1) is 0 Å². The second-order valence-electron chi connectivity index (χ2n) is 5.11. The summed E-state index contributed by atoms with van der Waals surface area (Å²) in [6.45, 7) is 0. The number of nitrogens with zero attached hydrogens (tertiary/aromatic N) is 3. The summed E-state index contributed by atoms with van der Waals surface area (Å²) in [7, 11) is -2.20. The lowest BCUT2D eigenvalue weighted by molar-refractivity contribution is 0.0999. The maximum Gasteiger partial charge on any atom is 0.264 e. The van der Waals surface area contributed by atoms with Crippen molar-refractivity contribution in [2.75, 3.05) is 16.7 Å². The molecule has 2 heterocycles. The van der Waals surface area contributed by atoms with Crippen LogP contribution in [0.3, 0.4) is 0 Å². The predicted molar refractivity (Wildman–Crippen MR) is 83.9 cm³/mol. The van der Waals surface area contributed by atoms with E-state index in [1.165, 1.54) is 17.3 Å². The van der Waals surface area contributed by atoms with Gasteiger partial charge in [-0.3, -0.25) is 4.79 Å². The molecule has 1 aliphatic rings. The van der Waals surface area contributed by atoms with Crippen molar-refractivity contribution in [2.45, 2.75) is 4.90 Å². The molecule has 0 fully saturated rings. The number of amides is 1. The molecule has 1 aromatic heterocycles. The van der Waals surface area contributed by atoms with Crippen LogP contribution < -0.4 is 9.62 Å². The molecule has 116 valence electrons. The van der Waals surface area contributed by atoms with Crippen molar-refractivity contribution in [3.63, 3.8) is 0 Å². The fourth-order valence-corrected chi connectivity index (χ4v) is 3.95. The minimum absolute atomic E-state index is 0.0291. The lowest BCUT2D eigenvalue weighted by atomic mass is 10.1. The van der Waals surface area contributed by atoms with Gasteiger partial charge in [0, 0.05) is 23.4 Å². The Balaban J connectivity index is 1.95. The minimum Gasteiger partial charge on any atom is -0.311 e. The summed E-state index contributed by atoms with van der Waals surface area (Å²) in [6, 6.07) is 8.16. The van der Waals surface area contributed by atoms with E-state index in [0.717, 1.165) is 0 Å². The number of aromatic nitrogens is 3. The van der Waals surface area contributed by atoms with E-state index in [-0.39, 0.29) is 16.8 Å². The zero-order valence-electron chi connectivity index (χ0n) is 11.9. The standard InChI is InChI=1S/C14H11N5O3S/c1-19-10-5-6-11(23(21,22)18-14-15-7-16-17-14)8-3-2-4-9(12(8)10)13(19)20/h2-7H,1H3,(H2,15,16,17,18). The highest BCUT2D eigenvalue weighted by molar-refractivity contribution is 7.93. The SMILES string of the molecule is CN1C(=O)c2cccc3c(S(=O)(=O)Nc4ncn[nH]4)ccc1c23. The molecule has 0 radical (unpaired) electrons. The van der Waals surface area contributed by atoms with Gasteiger partial charge >= 0.3 is 0 Å². The second kappa shape index (κ2) is 4.53. The number of sulfonamides is 1. The Morgan fingerprint density at radius 1 is 1.22 bits per heavy atom. The Kier molecular flexibility index (Phi) is 2.70. The van der Waals surface area contributed by atoms with Gasteiger partial charge in [-0.15, -0.1) is 0 Å². The molecule has 2 aromatic carbocycles. The summed E-state index contributed by atoms with van der Waals surface area (Å²) in [5.41, 5.74) is 1.19. The Bertz CT molecular complexity index is 1040. The molecule has 4 rings (SSSR count). The van der Waals surface area contributed by atoms with Crippen molar-refractivity contribution in [3.05, 3.63) is 42.2 Å². The molecule has 0 atom stereocenters. The Morgan fingerprint density at radius 3 is 2.78 bits per heavy atom. The first-order chi connectivity index (χ1) is 11.0. The Morgan fingerprint density at radius 2 is 2.04 bits per heavy atom. The van der Waals surface area contributed by atoms with Gasteiger partial charge in [-0.2, -0.15) is 10.1 Å². The van der Waals surface area contributed by atoms with Crippen LogP contribution in [0.1, 0.15) is 10.4 Å². The molecule has 3 aromatic rings. The normalized spacial score (nSPS) is 13.8. The second-order valence-corrected chi connectivity index (χ2v) is 6.77. The maximum atomic E-state index is 12.6. The van der Waals surface area contributed by atoms with Crippen molar-refractivity contribution >= 4 is 38.3 Å². The van der Waals surface area contributed by atoms with Crippen molar-refractivity contribution in [1.29, 1.82) is 0 Å². The molecular weight excluding hydrogens is 318 g/mol. The molecular formula is C14H11N5O3S. The van der Waals surface area contributed by atoms with E-state index in [9.17, 15) is 13.2 Å². The highest BCUT2D eigenvalue weighted by Gasteiger charge is 2.30. The highest BCUT2D eigenvalue weighted by Crippen LogP contribution is 2.39. The first-order valence-electron chi connectivity index (χ1n) is 6.71. The topological polar surface area (TPSA) is 108 Å². The number of hydrogen-bond donors (Lipinski definition) is 2. The first kappa shape index (κ1) is 13.7. The zero-order valence-corrected chi connectivity index (χ0v) is 12.8. The number of carbonyl (C=O) groups is 1. The van der Waals surface area contributed by atoms with Crippen LogP contribution in [-0.4, -0.2) is 36.6 Å². The van der Waals surface area contributed by atoms with Gasteiger partial charge in [0.05, 0.1) is 10.6 Å². The summed E-state index contributed by atoms with van der Waals surface area (Å²) in [5, 5.41) is 7.18. The summed E-state index contributed by atoms with van der Waals surface area (Å²) in [6.07, 6.45) is 1.21. The number of benzene rings is 2. The average Bonchev–Trinajstić information content (AvgIpc) is 3.11. The van der Waals surface area contributed by atoms with E-state index < -0.39 is 10.0 Å². The average molecular weight is 329 g/mol. The van der Waals surface area contributed by atoms with Gasteiger partial charge in [0.15, 0.2) is 0 Å². The fourth-order valence-electron chi connectivity index (χ4n) is 2.78. The van der Waals surface area contributed by atoms with E-state index >= 15 is 0 Å². The van der Waals surface area contributed by atoms with E-state index in [0.29, 0.717) is 22.0 Å². The van der Waals surface area contributed by atoms with Crippen molar-refractivity contribution in [3.8, 4) is 0 Å². The predicted octanol–water partition coefficient (Wildman–Crippen LogP) is 1.35. The monoisotopic (exact) mass is 329 g/mol. The van der Waals surface area contributed by atoms with E-state index in [2.05, 4.69) is 19.9 Å². The molecule has 8 nitrogen and oxygen atoms in total. The van der Waals surface area contributed by atoms with Crippen LogP contribution in [-0.2, 0) is 10.0 Å². The largest absolute Gasteiger partial charge is 0.311 e. The molecule has 2 N–H and O–H groups in total. The molecule has 0 bridgehead atoms. The highest BCUT2D eigenvalue weighted by atomic mass is 32.2. The van der Waals surface area contributed by atoms with Crippen LogP contribution in [0.5, 0.6) is 0 Å². The summed E-state index contributed by atoms with van der Waals surface area (Å²) >= 11 is 0. The minimum atomic E-state index is -3.86. The lowest BCUT2D eigenvalue weighted by Crippen LogP contribution is -2.20. The van der Waals surface area contributed by atoms with E-state index in [4.69, 9.17) is 0 Å². The number of aromatic amines is 1. The Labute approximate surface area is 131 Å². The molecule has 0 aliphatic carbocycles. The number of rotatable bonds is 3. The van der Waals surface area contributed by atoms with Crippen molar-refractivity contribution < 1.29 is 13.2 Å². The fraction of sp³-hybridized carbons (Fsp3) is 0.0714. The van der Waals surface area contributed by atoms with Crippen LogP contribution >= 0.6 is 0 Å². The smallest absolute Gasteiger partial charge is 0.264 e. The van der Waals surface area contributed by atoms with Gasteiger partial charge < -0.3 is 4.90 Å². The zero-order chi connectivity index (χ0) is 16.2. The van der Waals surface area contributed by atoms with E-state index in [1.807, 2.05) is 0 Å². The van der Waals surface area contributed by atoms with Gasteiger partial charge in [-0.05, 0) is 18.2 Å². The molecule has 1 aliphatic heterocycles. The van der Waals surface area contributed by atoms with E-state index in [1.54, 1.807) is 31.3 Å². The molecule has 0 spiro atoms. The van der Waals surface area contributed by atoms with Gasteiger partial charge in [-0.25, -0.2) is 18.2 Å². The van der Waals surface area contributed by atoms with Crippen molar-refractivity contribution in [1.82, 2.24) is 15.2 Å². The Hall–Kier alpha value is -2.94. The number of hydrogen-bond acceptors (Lipinski definition) is 5. The third-order valence-electron chi connectivity index (χ3n) is 3.81. The number of carbonyl (C=O) groups excluding carboxylic acids is 1. The molecule has 0 saturated heterocycles. The lowest BCUT2D eigenvalue weighted by Gasteiger charge is -2.12. The molecule has 0 unspecified atom stereocenters. The summed E-state index contributed by atoms with van der Waals surface area (Å²) in [5.74, 6) is -0.121. The van der Waals surface area contributed by atoms with Crippen LogP contribution in [0.25, 0.3) is 10.8 Å². The van der Waals surface area contributed by atoms with Crippen molar-refractivity contribution in [2.24, 2.45) is 0 Å². The third-order valence-corrected chi connectivity index (χ3v) is 5.21. The van der Waals surface area contributed by atoms with Crippen LogP contribution in [0.4, 0.5) is 11.6 Å². The summed E-state index contributed by atoms with van der Waals surface area (Å²) in [4.78, 5) is 17.6. The number of H-pyrrole nitrogens is 1. The first-order valence-corrected chi connectivity index (χ1v) is 8.19. The quantitative estimate of drug-likeness (QED) is 0.754.